The topological polar surface area (TPSA) is 89.4 Å². The summed E-state index contributed by atoms with van der Waals surface area (Å²) in [5.74, 6) is -0.372. The van der Waals surface area contributed by atoms with Gasteiger partial charge in [-0.3, -0.25) is 14.4 Å². The lowest BCUT2D eigenvalue weighted by Gasteiger charge is -2.07. The number of ether oxygens (including phenoxy) is 1. The molecule has 0 fully saturated rings. The summed E-state index contributed by atoms with van der Waals surface area (Å²) < 4.78 is 6.83. The second-order valence-electron chi connectivity index (χ2n) is 8.25. The zero-order chi connectivity index (χ0) is 23.9. The number of esters is 1. The molecule has 2 heterocycles. The van der Waals surface area contributed by atoms with E-state index in [0.717, 1.165) is 47.0 Å². The lowest BCUT2D eigenvalue weighted by atomic mass is 10.0. The summed E-state index contributed by atoms with van der Waals surface area (Å²) in [6, 6.07) is 15.5. The smallest absolute Gasteiger partial charge is 0.305 e. The highest BCUT2D eigenvalue weighted by Gasteiger charge is 2.24. The molecule has 2 aromatic carbocycles. The summed E-state index contributed by atoms with van der Waals surface area (Å²) in [7, 11) is 0. The van der Waals surface area contributed by atoms with Crippen molar-refractivity contribution in [3.63, 3.8) is 0 Å². The number of aromatic nitrogens is 1. The summed E-state index contributed by atoms with van der Waals surface area (Å²) in [6.45, 7) is 2.96. The van der Waals surface area contributed by atoms with E-state index in [-0.39, 0.29) is 24.3 Å². The number of para-hydroxylation sites is 2. The molecule has 4 rings (SSSR count). The van der Waals surface area contributed by atoms with Crippen LogP contribution in [0.1, 0.15) is 43.7 Å². The Balaban J connectivity index is 1.40. The van der Waals surface area contributed by atoms with Crippen molar-refractivity contribution in [2.75, 3.05) is 18.5 Å². The summed E-state index contributed by atoms with van der Waals surface area (Å²) in [4.78, 5) is 36.5. The number of amides is 2. The van der Waals surface area contributed by atoms with Crippen LogP contribution in [0.15, 0.2) is 54.7 Å². The van der Waals surface area contributed by atoms with Crippen LogP contribution in [-0.2, 0) is 25.7 Å². The molecule has 1 aliphatic rings. The van der Waals surface area contributed by atoms with E-state index in [9.17, 15) is 14.4 Å². The Morgan fingerprint density at radius 1 is 1.06 bits per heavy atom. The molecule has 1 aliphatic heterocycles. The molecule has 2 amide bonds. The van der Waals surface area contributed by atoms with Crippen LogP contribution in [0, 0.1) is 0 Å². The van der Waals surface area contributed by atoms with Gasteiger partial charge in [0, 0.05) is 52.5 Å². The van der Waals surface area contributed by atoms with Crippen molar-refractivity contribution >= 4 is 46.0 Å². The average molecular weight is 460 g/mol. The number of hydrogen-bond acceptors (Lipinski definition) is 4. The van der Waals surface area contributed by atoms with Crippen LogP contribution in [0.3, 0.4) is 0 Å². The normalized spacial score (nSPS) is 13.7. The van der Waals surface area contributed by atoms with E-state index in [4.69, 9.17) is 4.74 Å². The minimum Gasteiger partial charge on any atom is -0.466 e. The third-order valence-electron chi connectivity index (χ3n) is 5.83. The number of fused-ring (bicyclic) bond motifs is 2. The molecule has 176 valence electrons. The van der Waals surface area contributed by atoms with Crippen LogP contribution in [0.5, 0.6) is 0 Å². The van der Waals surface area contributed by atoms with Gasteiger partial charge in [0.15, 0.2) is 0 Å². The highest BCUT2D eigenvalue weighted by Crippen LogP contribution is 2.34. The molecule has 0 spiro atoms. The van der Waals surface area contributed by atoms with Crippen molar-refractivity contribution in [2.45, 2.75) is 39.2 Å². The third kappa shape index (κ3) is 5.36. The first-order valence-corrected chi connectivity index (χ1v) is 11.7. The van der Waals surface area contributed by atoms with E-state index < -0.39 is 0 Å². The van der Waals surface area contributed by atoms with Crippen molar-refractivity contribution in [2.24, 2.45) is 0 Å². The highest BCUT2D eigenvalue weighted by atomic mass is 16.5. The molecule has 2 N–H and O–H groups in total. The maximum atomic E-state index is 12.6. The molecule has 3 aromatic rings. The SMILES string of the molecule is CCOC(=O)CCCCCNC(=O)Cn1cc(C=C2C(=O)Nc3ccccc32)c2ccccc21. The maximum absolute atomic E-state index is 12.6. The van der Waals surface area contributed by atoms with Crippen molar-refractivity contribution in [3.8, 4) is 0 Å². The highest BCUT2D eigenvalue weighted by molar-refractivity contribution is 6.35. The quantitative estimate of drug-likeness (QED) is 0.268. The van der Waals surface area contributed by atoms with Crippen LogP contribution in [0.2, 0.25) is 0 Å². The standard InChI is InChI=1S/C27H29N3O4/c1-2-34-26(32)14-4-3-9-15-28-25(31)18-30-17-19(20-10-6-8-13-24(20)30)16-22-21-11-5-7-12-23(21)29-27(22)33/h5-8,10-13,16-17H,2-4,9,14-15,18H2,1H3,(H,28,31)(H,29,33). The second kappa shape index (κ2) is 10.8. The van der Waals surface area contributed by atoms with Gasteiger partial charge in [-0.15, -0.1) is 0 Å². The van der Waals surface area contributed by atoms with Crippen molar-refractivity contribution in [1.82, 2.24) is 9.88 Å². The second-order valence-corrected chi connectivity index (χ2v) is 8.25. The molecule has 0 atom stereocenters. The summed E-state index contributed by atoms with van der Waals surface area (Å²) in [5.41, 5.74) is 4.13. The Morgan fingerprint density at radius 2 is 1.85 bits per heavy atom. The molecule has 34 heavy (non-hydrogen) atoms. The molecular formula is C27H29N3O4. The monoisotopic (exact) mass is 459 g/mol. The van der Waals surface area contributed by atoms with Crippen LogP contribution in [0.4, 0.5) is 5.69 Å². The fourth-order valence-electron chi connectivity index (χ4n) is 4.20. The number of nitrogens with one attached hydrogen (secondary N) is 2. The van der Waals surface area contributed by atoms with Gasteiger partial charge in [-0.1, -0.05) is 42.8 Å². The Hall–Kier alpha value is -3.87. The fourth-order valence-corrected chi connectivity index (χ4v) is 4.20. The van der Waals surface area contributed by atoms with Crippen molar-refractivity contribution in [3.05, 3.63) is 65.9 Å². The molecule has 0 bridgehead atoms. The van der Waals surface area contributed by atoms with Crippen molar-refractivity contribution < 1.29 is 19.1 Å². The third-order valence-corrected chi connectivity index (χ3v) is 5.83. The van der Waals surface area contributed by atoms with Gasteiger partial charge < -0.3 is 19.9 Å². The number of nitrogens with zero attached hydrogens (tertiary/aromatic N) is 1. The van der Waals surface area contributed by atoms with Gasteiger partial charge in [-0.25, -0.2) is 0 Å². The van der Waals surface area contributed by atoms with Gasteiger partial charge in [-0.2, -0.15) is 0 Å². The zero-order valence-electron chi connectivity index (χ0n) is 19.3. The van der Waals surface area contributed by atoms with Crippen molar-refractivity contribution in [1.29, 1.82) is 0 Å². The van der Waals surface area contributed by atoms with Gasteiger partial charge in [0.25, 0.3) is 5.91 Å². The number of hydrogen-bond donors (Lipinski definition) is 2. The summed E-state index contributed by atoms with van der Waals surface area (Å²) >= 11 is 0. The summed E-state index contributed by atoms with van der Waals surface area (Å²) in [6.07, 6.45) is 6.64. The van der Waals surface area contributed by atoms with Crippen LogP contribution in [-0.4, -0.2) is 35.5 Å². The van der Waals surface area contributed by atoms with Gasteiger partial charge in [0.1, 0.15) is 6.54 Å². The lowest BCUT2D eigenvalue weighted by Crippen LogP contribution is -2.28. The van der Waals surface area contributed by atoms with E-state index in [0.29, 0.717) is 25.1 Å². The molecule has 0 unspecified atom stereocenters. The number of rotatable bonds is 10. The predicted octanol–water partition coefficient (Wildman–Crippen LogP) is 4.37. The number of benzene rings is 2. The first-order chi connectivity index (χ1) is 16.6. The molecule has 7 nitrogen and oxygen atoms in total. The molecule has 7 heteroatoms. The molecular weight excluding hydrogens is 430 g/mol. The number of carbonyl (C=O) groups is 3. The van der Waals surface area contributed by atoms with E-state index in [1.165, 1.54) is 0 Å². The largest absolute Gasteiger partial charge is 0.466 e. The van der Waals surface area contributed by atoms with Gasteiger partial charge in [0.2, 0.25) is 5.91 Å². The zero-order valence-corrected chi connectivity index (χ0v) is 19.3. The molecule has 0 radical (unpaired) electrons. The van der Waals surface area contributed by atoms with E-state index in [2.05, 4.69) is 10.6 Å². The van der Waals surface area contributed by atoms with Crippen LogP contribution in [0.25, 0.3) is 22.6 Å². The van der Waals surface area contributed by atoms with Gasteiger partial charge in [-0.05, 0) is 38.0 Å². The Morgan fingerprint density at radius 3 is 2.71 bits per heavy atom. The summed E-state index contributed by atoms with van der Waals surface area (Å²) in [5, 5.41) is 6.84. The van der Waals surface area contributed by atoms with Crippen LogP contribution >= 0.6 is 0 Å². The number of carbonyl (C=O) groups excluding carboxylic acids is 3. The van der Waals surface area contributed by atoms with Gasteiger partial charge >= 0.3 is 5.97 Å². The Bertz CT molecular complexity index is 1240. The molecule has 0 saturated carbocycles. The molecule has 0 saturated heterocycles. The maximum Gasteiger partial charge on any atom is 0.305 e. The van der Waals surface area contributed by atoms with E-state index >= 15 is 0 Å². The number of anilines is 1. The van der Waals surface area contributed by atoms with Gasteiger partial charge in [0.05, 0.1) is 6.61 Å². The predicted molar refractivity (Wildman–Crippen MR) is 133 cm³/mol. The lowest BCUT2D eigenvalue weighted by molar-refractivity contribution is -0.143. The van der Waals surface area contributed by atoms with Crippen LogP contribution < -0.4 is 10.6 Å². The Kier molecular flexibility index (Phi) is 7.42. The minimum atomic E-state index is -0.171. The molecule has 1 aromatic heterocycles. The minimum absolute atomic E-state index is 0.0747. The van der Waals surface area contributed by atoms with E-state index in [1.807, 2.05) is 65.4 Å². The first kappa shape index (κ1) is 23.3. The first-order valence-electron chi connectivity index (χ1n) is 11.7. The number of unbranched alkanes of at least 4 members (excludes halogenated alkanes) is 2. The molecule has 0 aliphatic carbocycles. The van der Waals surface area contributed by atoms with E-state index in [1.54, 1.807) is 6.92 Å². The Labute approximate surface area is 198 Å². The fraction of sp³-hybridized carbons (Fsp3) is 0.296. The average Bonchev–Trinajstić information content (AvgIpc) is 3.34.